The molecule has 142 valence electrons. The predicted octanol–water partition coefficient (Wildman–Crippen LogP) is 2.81. The molecule has 0 saturated heterocycles. The molecule has 0 aliphatic carbocycles. The quantitative estimate of drug-likeness (QED) is 0.716. The highest BCUT2D eigenvalue weighted by molar-refractivity contribution is 5.92. The second-order valence-corrected chi connectivity index (χ2v) is 6.33. The molecule has 0 bridgehead atoms. The fourth-order valence-corrected chi connectivity index (χ4v) is 2.80. The van der Waals surface area contributed by atoms with Gasteiger partial charge < -0.3 is 11.1 Å². The molecular formula is C18H18F3N5O. The average Bonchev–Trinajstić information content (AvgIpc) is 3.05. The molecule has 0 spiro atoms. The number of hydrogen-bond donors (Lipinski definition) is 2. The number of aromatic nitrogens is 3. The van der Waals surface area contributed by atoms with E-state index in [-0.39, 0.29) is 5.69 Å². The zero-order chi connectivity index (χ0) is 19.6. The Kier molecular flexibility index (Phi) is 5.13. The lowest BCUT2D eigenvalue weighted by Gasteiger charge is -2.22. The maximum Gasteiger partial charge on any atom is 0.408 e. The zero-order valence-corrected chi connectivity index (χ0v) is 14.4. The van der Waals surface area contributed by atoms with Crippen molar-refractivity contribution in [1.82, 2.24) is 20.3 Å². The molecule has 2 atom stereocenters. The van der Waals surface area contributed by atoms with Crippen LogP contribution in [0.3, 0.4) is 0 Å². The molecule has 2 unspecified atom stereocenters. The molecular weight excluding hydrogens is 359 g/mol. The molecule has 0 aliphatic rings. The fourth-order valence-electron chi connectivity index (χ4n) is 2.80. The Morgan fingerprint density at radius 1 is 1.22 bits per heavy atom. The molecule has 27 heavy (non-hydrogen) atoms. The van der Waals surface area contributed by atoms with Crippen molar-refractivity contribution in [3.05, 3.63) is 59.9 Å². The number of alkyl halides is 3. The third kappa shape index (κ3) is 4.62. The number of fused-ring (bicyclic) bond motifs is 1. The number of nitrogens with two attached hydrogens (primary N) is 1. The van der Waals surface area contributed by atoms with Crippen molar-refractivity contribution in [2.24, 2.45) is 5.73 Å². The first-order valence-corrected chi connectivity index (χ1v) is 8.25. The maximum absolute atomic E-state index is 12.4. The van der Waals surface area contributed by atoms with Gasteiger partial charge in [0.25, 0.3) is 5.91 Å². The molecule has 0 saturated carbocycles. The molecule has 6 nitrogen and oxygen atoms in total. The topological polar surface area (TPSA) is 85.8 Å². The van der Waals surface area contributed by atoms with Gasteiger partial charge in [-0.3, -0.25) is 4.79 Å². The van der Waals surface area contributed by atoms with E-state index >= 15 is 0 Å². The summed E-state index contributed by atoms with van der Waals surface area (Å²) in [5.41, 5.74) is 6.61. The third-order valence-electron chi connectivity index (χ3n) is 4.06. The van der Waals surface area contributed by atoms with E-state index in [1.165, 1.54) is 0 Å². The highest BCUT2D eigenvalue weighted by Crippen LogP contribution is 2.22. The number of halogens is 3. The number of nitrogens with zero attached hydrogens (tertiary/aromatic N) is 3. The van der Waals surface area contributed by atoms with Gasteiger partial charge in [-0.1, -0.05) is 41.6 Å². The minimum atomic E-state index is -4.44. The SMILES string of the molecule is CC(N)C(NC(=O)c1cn(CC(F)(F)F)nn1)c1ccc2ccccc2c1. The summed E-state index contributed by atoms with van der Waals surface area (Å²) >= 11 is 0. The molecule has 1 aromatic heterocycles. The average molecular weight is 377 g/mol. The summed E-state index contributed by atoms with van der Waals surface area (Å²) < 4.78 is 37.8. The van der Waals surface area contributed by atoms with Crippen molar-refractivity contribution in [2.75, 3.05) is 0 Å². The largest absolute Gasteiger partial charge is 0.408 e. The summed E-state index contributed by atoms with van der Waals surface area (Å²) in [6.07, 6.45) is -3.48. The minimum absolute atomic E-state index is 0.203. The highest BCUT2D eigenvalue weighted by atomic mass is 19.4. The third-order valence-corrected chi connectivity index (χ3v) is 4.06. The molecule has 9 heteroatoms. The molecule has 3 N–H and O–H groups in total. The van der Waals surface area contributed by atoms with Crippen molar-refractivity contribution in [1.29, 1.82) is 0 Å². The molecule has 0 fully saturated rings. The molecule has 1 amide bonds. The predicted molar refractivity (Wildman–Crippen MR) is 93.9 cm³/mol. The van der Waals surface area contributed by atoms with Crippen LogP contribution >= 0.6 is 0 Å². The lowest BCUT2D eigenvalue weighted by Crippen LogP contribution is -2.39. The van der Waals surface area contributed by atoms with Crippen LogP contribution in [0.25, 0.3) is 10.8 Å². The first-order chi connectivity index (χ1) is 12.7. The molecule has 3 aromatic rings. The van der Waals surface area contributed by atoms with Crippen LogP contribution in [0, 0.1) is 0 Å². The number of rotatable bonds is 5. The van der Waals surface area contributed by atoms with Gasteiger partial charge in [-0.25, -0.2) is 4.68 Å². The number of carbonyl (C=O) groups is 1. The van der Waals surface area contributed by atoms with E-state index in [0.29, 0.717) is 4.68 Å². The molecule has 0 aliphatic heterocycles. The van der Waals surface area contributed by atoms with Gasteiger partial charge in [0.15, 0.2) is 5.69 Å². The number of carbonyl (C=O) groups excluding carboxylic acids is 1. The van der Waals surface area contributed by atoms with Crippen LogP contribution < -0.4 is 11.1 Å². The smallest absolute Gasteiger partial charge is 0.342 e. The van der Waals surface area contributed by atoms with Gasteiger partial charge in [-0.15, -0.1) is 5.10 Å². The van der Waals surface area contributed by atoms with Crippen LogP contribution in [0.5, 0.6) is 0 Å². The van der Waals surface area contributed by atoms with Crippen LogP contribution in [0.1, 0.15) is 29.0 Å². The Bertz CT molecular complexity index is 951. The second kappa shape index (κ2) is 7.36. The zero-order valence-electron chi connectivity index (χ0n) is 14.4. The van der Waals surface area contributed by atoms with Gasteiger partial charge in [-0.05, 0) is 29.3 Å². The standard InChI is InChI=1S/C18H18F3N5O/c1-11(22)16(14-7-6-12-4-2-3-5-13(12)8-14)23-17(27)15-9-26(25-24-15)10-18(19,20)21/h2-9,11,16H,10,22H2,1H3,(H,23,27). The van der Waals surface area contributed by atoms with E-state index in [0.717, 1.165) is 22.5 Å². The minimum Gasteiger partial charge on any atom is -0.342 e. The van der Waals surface area contributed by atoms with Crippen molar-refractivity contribution in [3.63, 3.8) is 0 Å². The number of amides is 1. The summed E-state index contributed by atoms with van der Waals surface area (Å²) in [5.74, 6) is -0.640. The summed E-state index contributed by atoms with van der Waals surface area (Å²) in [6.45, 7) is 0.426. The summed E-state index contributed by atoms with van der Waals surface area (Å²) in [4.78, 5) is 12.4. The Hall–Kier alpha value is -2.94. The number of hydrogen-bond acceptors (Lipinski definition) is 4. The Balaban J connectivity index is 1.80. The van der Waals surface area contributed by atoms with Gasteiger partial charge in [0.1, 0.15) is 6.54 Å². The molecule has 1 heterocycles. The van der Waals surface area contributed by atoms with Crippen LogP contribution in [0.4, 0.5) is 13.2 Å². The van der Waals surface area contributed by atoms with E-state index in [4.69, 9.17) is 5.73 Å². The Morgan fingerprint density at radius 3 is 2.59 bits per heavy atom. The van der Waals surface area contributed by atoms with Crippen molar-refractivity contribution in [3.8, 4) is 0 Å². The van der Waals surface area contributed by atoms with Gasteiger partial charge >= 0.3 is 6.18 Å². The first kappa shape index (κ1) is 18.8. The van der Waals surface area contributed by atoms with Crippen LogP contribution in [0.15, 0.2) is 48.7 Å². The fraction of sp³-hybridized carbons (Fsp3) is 0.278. The summed E-state index contributed by atoms with van der Waals surface area (Å²) in [6, 6.07) is 12.5. The number of nitrogens with one attached hydrogen (secondary N) is 1. The lowest BCUT2D eigenvalue weighted by atomic mass is 9.97. The van der Waals surface area contributed by atoms with Crippen LogP contribution in [-0.4, -0.2) is 33.1 Å². The van der Waals surface area contributed by atoms with Crippen molar-refractivity contribution in [2.45, 2.75) is 31.7 Å². The van der Waals surface area contributed by atoms with E-state index < -0.39 is 30.7 Å². The normalized spacial score (nSPS) is 14.1. The first-order valence-electron chi connectivity index (χ1n) is 8.25. The molecule has 0 radical (unpaired) electrons. The highest BCUT2D eigenvalue weighted by Gasteiger charge is 2.29. The van der Waals surface area contributed by atoms with Gasteiger partial charge in [0, 0.05) is 6.04 Å². The number of benzene rings is 2. The van der Waals surface area contributed by atoms with Gasteiger partial charge in [0.2, 0.25) is 0 Å². The van der Waals surface area contributed by atoms with Crippen LogP contribution in [-0.2, 0) is 6.54 Å². The summed E-state index contributed by atoms with van der Waals surface area (Å²) in [5, 5.41) is 11.6. The monoisotopic (exact) mass is 377 g/mol. The molecule has 3 rings (SSSR count). The lowest BCUT2D eigenvalue weighted by molar-refractivity contribution is -0.142. The maximum atomic E-state index is 12.4. The Morgan fingerprint density at radius 2 is 1.93 bits per heavy atom. The van der Waals surface area contributed by atoms with Crippen molar-refractivity contribution < 1.29 is 18.0 Å². The molecule has 2 aromatic carbocycles. The van der Waals surface area contributed by atoms with E-state index in [2.05, 4.69) is 15.6 Å². The van der Waals surface area contributed by atoms with Gasteiger partial charge in [-0.2, -0.15) is 13.2 Å². The van der Waals surface area contributed by atoms with E-state index in [1.807, 2.05) is 42.5 Å². The van der Waals surface area contributed by atoms with E-state index in [9.17, 15) is 18.0 Å². The van der Waals surface area contributed by atoms with Gasteiger partial charge in [0.05, 0.1) is 12.2 Å². The Labute approximate surface area is 153 Å². The van der Waals surface area contributed by atoms with E-state index in [1.54, 1.807) is 6.92 Å². The van der Waals surface area contributed by atoms with Crippen LogP contribution in [0.2, 0.25) is 0 Å². The van der Waals surface area contributed by atoms with Crippen molar-refractivity contribution >= 4 is 16.7 Å². The summed E-state index contributed by atoms with van der Waals surface area (Å²) in [7, 11) is 0. The second-order valence-electron chi connectivity index (χ2n) is 6.33.